The van der Waals surface area contributed by atoms with Crippen LogP contribution in [0.15, 0.2) is 22.9 Å². The molecule has 1 heterocycles. The molecule has 0 aliphatic carbocycles. The smallest absolute Gasteiger partial charge is 0.0485 e. The number of hydrogen-bond acceptors (Lipinski definition) is 4. The van der Waals surface area contributed by atoms with Gasteiger partial charge in [-0.2, -0.15) is 0 Å². The summed E-state index contributed by atoms with van der Waals surface area (Å²) < 4.78 is 1.01. The van der Waals surface area contributed by atoms with Crippen LogP contribution >= 0.6 is 15.9 Å². The van der Waals surface area contributed by atoms with Gasteiger partial charge in [-0.3, -0.25) is 9.88 Å². The zero-order valence-electron chi connectivity index (χ0n) is 13.6. The van der Waals surface area contributed by atoms with E-state index < -0.39 is 0 Å². The fourth-order valence-corrected chi connectivity index (χ4v) is 3.06. The van der Waals surface area contributed by atoms with Gasteiger partial charge in [-0.25, -0.2) is 0 Å². The first-order valence-electron chi connectivity index (χ1n) is 7.93. The quantitative estimate of drug-likeness (QED) is 0.699. The first-order valence-corrected chi connectivity index (χ1v) is 8.72. The summed E-state index contributed by atoms with van der Waals surface area (Å²) in [4.78, 5) is 9.18. The van der Waals surface area contributed by atoms with Gasteiger partial charge in [0.1, 0.15) is 0 Å². The average Bonchev–Trinajstić information content (AvgIpc) is 2.50. The predicted octanol–water partition coefficient (Wildman–Crippen LogP) is 2.90. The minimum atomic E-state index is 0.247. The molecule has 0 aromatic carbocycles. The number of aromatic nitrogens is 1. The number of halogens is 1. The van der Waals surface area contributed by atoms with Crippen LogP contribution < -0.4 is 5.73 Å². The van der Waals surface area contributed by atoms with Gasteiger partial charge in [0.2, 0.25) is 0 Å². The number of rotatable bonds is 10. The zero-order valence-corrected chi connectivity index (χ0v) is 15.1. The number of likely N-dealkylation sites (N-methyl/N-ethyl adjacent to an activating group) is 1. The van der Waals surface area contributed by atoms with E-state index in [0.29, 0.717) is 6.54 Å². The normalized spacial score (nSPS) is 13.1. The topological polar surface area (TPSA) is 45.4 Å². The molecule has 0 saturated carbocycles. The molecule has 1 aromatic heterocycles. The second kappa shape index (κ2) is 10.3. The summed E-state index contributed by atoms with van der Waals surface area (Å²) in [5, 5.41) is 0. The third-order valence-corrected chi connectivity index (χ3v) is 4.43. The van der Waals surface area contributed by atoms with E-state index in [0.717, 1.165) is 37.2 Å². The van der Waals surface area contributed by atoms with Crippen molar-refractivity contribution in [1.82, 2.24) is 14.8 Å². The number of nitrogens with two attached hydrogens (primary N) is 1. The number of nitrogens with zero attached hydrogens (tertiary/aromatic N) is 3. The van der Waals surface area contributed by atoms with Crippen LogP contribution in [-0.2, 0) is 0 Å². The fourth-order valence-electron chi connectivity index (χ4n) is 2.68. The number of hydrogen-bond donors (Lipinski definition) is 1. The highest BCUT2D eigenvalue weighted by Gasteiger charge is 2.18. The maximum absolute atomic E-state index is 6.02. The third kappa shape index (κ3) is 6.02. The second-order valence-electron chi connectivity index (χ2n) is 5.20. The molecule has 5 heteroatoms. The van der Waals surface area contributed by atoms with Gasteiger partial charge in [0.15, 0.2) is 0 Å². The molecule has 1 aromatic rings. The lowest BCUT2D eigenvalue weighted by Crippen LogP contribution is -2.36. The van der Waals surface area contributed by atoms with E-state index in [1.165, 1.54) is 12.0 Å². The van der Waals surface area contributed by atoms with Crippen molar-refractivity contribution >= 4 is 15.9 Å². The van der Waals surface area contributed by atoms with Crippen molar-refractivity contribution in [3.63, 3.8) is 0 Å². The summed E-state index contributed by atoms with van der Waals surface area (Å²) in [6.07, 6.45) is 4.91. The summed E-state index contributed by atoms with van der Waals surface area (Å²) in [5.74, 6) is 0. The second-order valence-corrected chi connectivity index (χ2v) is 6.11. The molecule has 0 saturated heterocycles. The molecule has 4 nitrogen and oxygen atoms in total. The van der Waals surface area contributed by atoms with E-state index in [1.807, 2.05) is 12.4 Å². The van der Waals surface area contributed by atoms with E-state index in [2.05, 4.69) is 57.6 Å². The van der Waals surface area contributed by atoms with E-state index >= 15 is 0 Å². The Labute approximate surface area is 137 Å². The van der Waals surface area contributed by atoms with Gasteiger partial charge in [0.25, 0.3) is 0 Å². The number of pyridine rings is 1. The van der Waals surface area contributed by atoms with Crippen LogP contribution in [0.4, 0.5) is 0 Å². The molecule has 21 heavy (non-hydrogen) atoms. The lowest BCUT2D eigenvalue weighted by atomic mass is 10.1. The van der Waals surface area contributed by atoms with Crippen LogP contribution in [0.1, 0.15) is 38.8 Å². The maximum atomic E-state index is 6.02. The van der Waals surface area contributed by atoms with Gasteiger partial charge in [-0.05, 0) is 60.2 Å². The van der Waals surface area contributed by atoms with E-state index in [-0.39, 0.29) is 6.04 Å². The van der Waals surface area contributed by atoms with E-state index in [4.69, 9.17) is 5.73 Å². The van der Waals surface area contributed by atoms with Crippen molar-refractivity contribution in [3.8, 4) is 0 Å². The Morgan fingerprint density at radius 3 is 2.38 bits per heavy atom. The average molecular weight is 357 g/mol. The zero-order chi connectivity index (χ0) is 15.7. The molecule has 0 aliphatic rings. The summed E-state index contributed by atoms with van der Waals surface area (Å²) in [5.41, 5.74) is 7.21. The third-order valence-electron chi connectivity index (χ3n) is 4.00. The molecule has 0 radical (unpaired) electrons. The van der Waals surface area contributed by atoms with Crippen molar-refractivity contribution in [2.45, 2.75) is 33.2 Å². The van der Waals surface area contributed by atoms with Gasteiger partial charge in [0.05, 0.1) is 0 Å². The fraction of sp³-hybridized carbons (Fsp3) is 0.688. The Hall–Kier alpha value is -0.490. The van der Waals surface area contributed by atoms with Crippen LogP contribution in [0.2, 0.25) is 0 Å². The van der Waals surface area contributed by atoms with Crippen LogP contribution in [0, 0.1) is 0 Å². The molecule has 1 unspecified atom stereocenters. The summed E-state index contributed by atoms with van der Waals surface area (Å²) in [7, 11) is 0. The van der Waals surface area contributed by atoms with Gasteiger partial charge >= 0.3 is 0 Å². The standard InChI is InChI=1S/C16H29BrN4/c1-4-20(5-2)8-7-9-21(6-3)16(11-18)14-10-15(17)13-19-12-14/h10,12-13,16H,4-9,11,18H2,1-3H3. The first kappa shape index (κ1) is 18.6. The highest BCUT2D eigenvalue weighted by Crippen LogP contribution is 2.22. The molecule has 120 valence electrons. The van der Waals surface area contributed by atoms with E-state index in [9.17, 15) is 0 Å². The summed E-state index contributed by atoms with van der Waals surface area (Å²) in [6.45, 7) is 12.7. The molecule has 0 spiro atoms. The summed E-state index contributed by atoms with van der Waals surface area (Å²) >= 11 is 3.49. The highest BCUT2D eigenvalue weighted by atomic mass is 79.9. The molecular weight excluding hydrogens is 328 g/mol. The Morgan fingerprint density at radius 1 is 1.14 bits per heavy atom. The SMILES string of the molecule is CCN(CC)CCCN(CC)C(CN)c1cncc(Br)c1. The minimum absolute atomic E-state index is 0.247. The first-order chi connectivity index (χ1) is 10.2. The Morgan fingerprint density at radius 2 is 1.86 bits per heavy atom. The molecule has 0 aliphatic heterocycles. The molecule has 2 N–H and O–H groups in total. The monoisotopic (exact) mass is 356 g/mol. The Balaban J connectivity index is 2.63. The predicted molar refractivity (Wildman–Crippen MR) is 93.4 cm³/mol. The largest absolute Gasteiger partial charge is 0.329 e. The van der Waals surface area contributed by atoms with Gasteiger partial charge < -0.3 is 10.6 Å². The van der Waals surface area contributed by atoms with Gasteiger partial charge in [-0.15, -0.1) is 0 Å². The molecule has 1 atom stereocenters. The lowest BCUT2D eigenvalue weighted by Gasteiger charge is -2.31. The van der Waals surface area contributed by atoms with E-state index in [1.54, 1.807) is 0 Å². The summed E-state index contributed by atoms with van der Waals surface area (Å²) in [6, 6.07) is 2.37. The van der Waals surface area contributed by atoms with Crippen LogP contribution in [-0.4, -0.2) is 54.1 Å². The Kier molecular flexibility index (Phi) is 9.08. The van der Waals surface area contributed by atoms with Crippen LogP contribution in [0.5, 0.6) is 0 Å². The lowest BCUT2D eigenvalue weighted by molar-refractivity contribution is 0.193. The molecule has 0 amide bonds. The van der Waals surface area contributed by atoms with Crippen LogP contribution in [0.3, 0.4) is 0 Å². The van der Waals surface area contributed by atoms with Crippen LogP contribution in [0.25, 0.3) is 0 Å². The Bertz CT molecular complexity index is 396. The molecule has 0 fully saturated rings. The maximum Gasteiger partial charge on any atom is 0.0485 e. The van der Waals surface area contributed by atoms with Gasteiger partial charge in [0, 0.05) is 36.0 Å². The highest BCUT2D eigenvalue weighted by molar-refractivity contribution is 9.10. The molecule has 0 bridgehead atoms. The molecule has 1 rings (SSSR count). The van der Waals surface area contributed by atoms with Crippen molar-refractivity contribution in [2.24, 2.45) is 5.73 Å². The van der Waals surface area contributed by atoms with Crippen molar-refractivity contribution in [3.05, 3.63) is 28.5 Å². The van der Waals surface area contributed by atoms with Crippen molar-refractivity contribution in [2.75, 3.05) is 39.3 Å². The minimum Gasteiger partial charge on any atom is -0.329 e. The molecular formula is C16H29BrN4. The van der Waals surface area contributed by atoms with Crippen molar-refractivity contribution in [1.29, 1.82) is 0 Å². The van der Waals surface area contributed by atoms with Gasteiger partial charge in [-0.1, -0.05) is 20.8 Å². The van der Waals surface area contributed by atoms with Crippen molar-refractivity contribution < 1.29 is 0 Å².